The molecule has 2 N–H and O–H groups in total. The lowest BCUT2D eigenvalue weighted by atomic mass is 10.1. The molecule has 0 aliphatic rings. The Morgan fingerprint density at radius 2 is 1.70 bits per heavy atom. The Kier molecular flexibility index (Phi) is 7.79. The van der Waals surface area contributed by atoms with Crippen LogP contribution < -0.4 is 15.4 Å². The Morgan fingerprint density at radius 1 is 1.04 bits per heavy atom. The SMILES string of the molecule is COc1cccc(CCNC(=O)c2cncc(C(=O)NCCC(C)C)c2)c1. The largest absolute Gasteiger partial charge is 0.497 e. The number of hydrogen-bond acceptors (Lipinski definition) is 4. The highest BCUT2D eigenvalue weighted by molar-refractivity contribution is 5.99. The minimum absolute atomic E-state index is 0.214. The third kappa shape index (κ3) is 6.73. The van der Waals surface area contributed by atoms with Crippen LogP contribution in [0.3, 0.4) is 0 Å². The quantitative estimate of drug-likeness (QED) is 0.712. The Labute approximate surface area is 160 Å². The fourth-order valence-electron chi connectivity index (χ4n) is 2.52. The van der Waals surface area contributed by atoms with Gasteiger partial charge in [-0.25, -0.2) is 0 Å². The van der Waals surface area contributed by atoms with Gasteiger partial charge in [-0.15, -0.1) is 0 Å². The minimum atomic E-state index is -0.248. The maximum atomic E-state index is 12.3. The summed E-state index contributed by atoms with van der Waals surface area (Å²) in [5.74, 6) is 0.848. The summed E-state index contributed by atoms with van der Waals surface area (Å²) in [6.45, 7) is 5.29. The van der Waals surface area contributed by atoms with Gasteiger partial charge in [0.1, 0.15) is 5.75 Å². The van der Waals surface area contributed by atoms with Gasteiger partial charge < -0.3 is 15.4 Å². The number of rotatable bonds is 9. The maximum absolute atomic E-state index is 12.3. The van der Waals surface area contributed by atoms with Gasteiger partial charge in [0.05, 0.1) is 18.2 Å². The van der Waals surface area contributed by atoms with Crippen molar-refractivity contribution < 1.29 is 14.3 Å². The van der Waals surface area contributed by atoms with Crippen LogP contribution in [0.15, 0.2) is 42.7 Å². The first kappa shape index (κ1) is 20.4. The number of nitrogens with one attached hydrogen (secondary N) is 2. The van der Waals surface area contributed by atoms with E-state index < -0.39 is 0 Å². The van der Waals surface area contributed by atoms with Gasteiger partial charge in [0.2, 0.25) is 0 Å². The van der Waals surface area contributed by atoms with E-state index in [1.807, 2.05) is 24.3 Å². The first-order valence-corrected chi connectivity index (χ1v) is 9.14. The molecule has 0 fully saturated rings. The molecular formula is C21H27N3O3. The van der Waals surface area contributed by atoms with Crippen molar-refractivity contribution in [1.29, 1.82) is 0 Å². The molecular weight excluding hydrogens is 342 g/mol. The van der Waals surface area contributed by atoms with Crippen LogP contribution >= 0.6 is 0 Å². The molecule has 0 unspecified atom stereocenters. The molecule has 0 atom stereocenters. The molecule has 2 aromatic rings. The fourth-order valence-corrected chi connectivity index (χ4v) is 2.52. The summed E-state index contributed by atoms with van der Waals surface area (Å²) in [5, 5.41) is 5.71. The summed E-state index contributed by atoms with van der Waals surface area (Å²) < 4.78 is 5.19. The van der Waals surface area contributed by atoms with Crippen LogP contribution in [0, 0.1) is 5.92 Å². The molecule has 0 radical (unpaired) electrons. The number of nitrogens with zero attached hydrogens (tertiary/aromatic N) is 1. The highest BCUT2D eigenvalue weighted by atomic mass is 16.5. The number of carbonyl (C=O) groups is 2. The van der Waals surface area contributed by atoms with Gasteiger partial charge in [0.25, 0.3) is 11.8 Å². The van der Waals surface area contributed by atoms with Crippen LogP contribution in [0.5, 0.6) is 5.75 Å². The van der Waals surface area contributed by atoms with Gasteiger partial charge in [0, 0.05) is 25.5 Å². The number of hydrogen-bond donors (Lipinski definition) is 2. The van der Waals surface area contributed by atoms with Crippen LogP contribution in [-0.4, -0.2) is 37.0 Å². The van der Waals surface area contributed by atoms with Crippen molar-refractivity contribution in [3.63, 3.8) is 0 Å². The Balaban J connectivity index is 1.87. The Bertz CT molecular complexity index is 775. The van der Waals surface area contributed by atoms with E-state index in [1.54, 1.807) is 13.2 Å². The highest BCUT2D eigenvalue weighted by Gasteiger charge is 2.11. The third-order valence-electron chi connectivity index (χ3n) is 4.10. The number of carbonyl (C=O) groups excluding carboxylic acids is 2. The van der Waals surface area contributed by atoms with E-state index >= 15 is 0 Å². The van der Waals surface area contributed by atoms with Crippen LogP contribution in [-0.2, 0) is 6.42 Å². The van der Waals surface area contributed by atoms with Crippen molar-refractivity contribution in [2.24, 2.45) is 5.92 Å². The zero-order valence-electron chi connectivity index (χ0n) is 16.1. The Hall–Kier alpha value is -2.89. The summed E-state index contributed by atoms with van der Waals surface area (Å²) in [5.41, 5.74) is 1.84. The fraction of sp³-hybridized carbons (Fsp3) is 0.381. The molecule has 1 aromatic carbocycles. The topological polar surface area (TPSA) is 80.3 Å². The average Bonchev–Trinajstić information content (AvgIpc) is 2.67. The smallest absolute Gasteiger partial charge is 0.252 e. The molecule has 0 spiro atoms. The van der Waals surface area contributed by atoms with Crippen molar-refractivity contribution in [2.75, 3.05) is 20.2 Å². The number of benzene rings is 1. The van der Waals surface area contributed by atoms with Gasteiger partial charge in [0.15, 0.2) is 0 Å². The van der Waals surface area contributed by atoms with E-state index in [-0.39, 0.29) is 11.8 Å². The second-order valence-electron chi connectivity index (χ2n) is 6.76. The van der Waals surface area contributed by atoms with Gasteiger partial charge in [-0.2, -0.15) is 0 Å². The molecule has 0 bridgehead atoms. The number of methoxy groups -OCH3 is 1. The third-order valence-corrected chi connectivity index (χ3v) is 4.10. The predicted octanol–water partition coefficient (Wildman–Crippen LogP) is 2.84. The molecule has 6 heteroatoms. The van der Waals surface area contributed by atoms with Gasteiger partial charge in [-0.3, -0.25) is 14.6 Å². The van der Waals surface area contributed by atoms with Gasteiger partial charge in [-0.05, 0) is 42.5 Å². The molecule has 1 heterocycles. The molecule has 1 aromatic heterocycles. The van der Waals surface area contributed by atoms with E-state index in [4.69, 9.17) is 4.74 Å². The van der Waals surface area contributed by atoms with Crippen molar-refractivity contribution >= 4 is 11.8 Å². The van der Waals surface area contributed by atoms with Crippen LogP contribution in [0.1, 0.15) is 46.5 Å². The maximum Gasteiger partial charge on any atom is 0.252 e. The molecule has 6 nitrogen and oxygen atoms in total. The summed E-state index contributed by atoms with van der Waals surface area (Å²) in [7, 11) is 1.62. The van der Waals surface area contributed by atoms with E-state index in [1.165, 1.54) is 12.4 Å². The molecule has 0 aliphatic heterocycles. The molecule has 144 valence electrons. The number of pyridine rings is 1. The van der Waals surface area contributed by atoms with Crippen molar-refractivity contribution in [3.05, 3.63) is 59.4 Å². The zero-order chi connectivity index (χ0) is 19.6. The van der Waals surface area contributed by atoms with Crippen molar-refractivity contribution in [2.45, 2.75) is 26.7 Å². The highest BCUT2D eigenvalue weighted by Crippen LogP contribution is 2.12. The summed E-state index contributed by atoms with van der Waals surface area (Å²) in [4.78, 5) is 28.5. The second-order valence-corrected chi connectivity index (χ2v) is 6.76. The summed E-state index contributed by atoms with van der Waals surface area (Å²) in [6.07, 6.45) is 4.53. The van der Waals surface area contributed by atoms with Crippen LogP contribution in [0.2, 0.25) is 0 Å². The van der Waals surface area contributed by atoms with E-state index in [2.05, 4.69) is 29.5 Å². The van der Waals surface area contributed by atoms with Gasteiger partial charge in [-0.1, -0.05) is 26.0 Å². The molecule has 0 saturated heterocycles. The van der Waals surface area contributed by atoms with E-state index in [0.29, 0.717) is 36.6 Å². The number of amides is 2. The standard InChI is InChI=1S/C21H27N3O3/c1-15(2)7-9-23-20(25)17-12-18(14-22-13-17)21(26)24-10-8-16-5-4-6-19(11-16)27-3/h4-6,11-15H,7-10H2,1-3H3,(H,23,25)(H,24,26). The monoisotopic (exact) mass is 369 g/mol. The normalized spacial score (nSPS) is 10.5. The van der Waals surface area contributed by atoms with Crippen molar-refractivity contribution in [3.8, 4) is 5.75 Å². The van der Waals surface area contributed by atoms with E-state index in [0.717, 1.165) is 17.7 Å². The van der Waals surface area contributed by atoms with Crippen molar-refractivity contribution in [1.82, 2.24) is 15.6 Å². The minimum Gasteiger partial charge on any atom is -0.497 e. The lowest BCUT2D eigenvalue weighted by Crippen LogP contribution is -2.28. The molecule has 2 rings (SSSR count). The average molecular weight is 369 g/mol. The van der Waals surface area contributed by atoms with Crippen LogP contribution in [0.4, 0.5) is 0 Å². The van der Waals surface area contributed by atoms with Gasteiger partial charge >= 0.3 is 0 Å². The molecule has 0 aliphatic carbocycles. The first-order valence-electron chi connectivity index (χ1n) is 9.14. The predicted molar refractivity (Wildman–Crippen MR) is 105 cm³/mol. The first-order chi connectivity index (χ1) is 13.0. The Morgan fingerprint density at radius 3 is 2.33 bits per heavy atom. The number of aromatic nitrogens is 1. The number of ether oxygens (including phenoxy) is 1. The van der Waals surface area contributed by atoms with E-state index in [9.17, 15) is 9.59 Å². The summed E-state index contributed by atoms with van der Waals surface area (Å²) in [6, 6.07) is 9.29. The lowest BCUT2D eigenvalue weighted by molar-refractivity contribution is 0.0951. The zero-order valence-corrected chi connectivity index (χ0v) is 16.1. The second kappa shape index (κ2) is 10.3. The molecule has 2 amide bonds. The summed E-state index contributed by atoms with van der Waals surface area (Å²) >= 11 is 0. The van der Waals surface area contributed by atoms with Crippen LogP contribution in [0.25, 0.3) is 0 Å². The molecule has 0 saturated carbocycles. The molecule has 27 heavy (non-hydrogen) atoms. The lowest BCUT2D eigenvalue weighted by Gasteiger charge is -2.09.